The number of anilines is 2. The highest BCUT2D eigenvalue weighted by Gasteiger charge is 2.24. The zero-order chi connectivity index (χ0) is 28.0. The van der Waals surface area contributed by atoms with E-state index in [2.05, 4.69) is 30.9 Å². The summed E-state index contributed by atoms with van der Waals surface area (Å²) < 4.78 is 33.3. The van der Waals surface area contributed by atoms with Crippen LogP contribution in [0.15, 0.2) is 53.4 Å². The van der Waals surface area contributed by atoms with E-state index in [0.717, 1.165) is 36.6 Å². The molecule has 0 atom stereocenters. The zero-order valence-corrected chi connectivity index (χ0v) is 23.9. The van der Waals surface area contributed by atoms with Gasteiger partial charge >= 0.3 is 6.09 Å². The molecule has 3 aromatic rings. The smallest absolute Gasteiger partial charge is 0.426 e. The number of para-hydroxylation sites is 1. The van der Waals surface area contributed by atoms with Crippen LogP contribution in [-0.2, 0) is 14.8 Å². The zero-order valence-electron chi connectivity index (χ0n) is 22.3. The van der Waals surface area contributed by atoms with Crippen LogP contribution >= 0.6 is 11.6 Å². The normalized spacial score (nSPS) is 17.9. The van der Waals surface area contributed by atoms with E-state index >= 15 is 0 Å². The second-order valence-corrected chi connectivity index (χ2v) is 12.9. The fourth-order valence-corrected chi connectivity index (χ4v) is 6.14. The number of nitrogens with one attached hydrogen (secondary N) is 4. The Labute approximate surface area is 234 Å². The molecule has 1 aromatic heterocycles. The van der Waals surface area contributed by atoms with Gasteiger partial charge in [0.25, 0.3) is 0 Å². The summed E-state index contributed by atoms with van der Waals surface area (Å²) >= 11 is 6.07. The van der Waals surface area contributed by atoms with E-state index in [1.165, 1.54) is 6.07 Å². The number of carbonyl (C=O) groups is 1. The van der Waals surface area contributed by atoms with E-state index < -0.39 is 21.7 Å². The van der Waals surface area contributed by atoms with Gasteiger partial charge in [-0.25, -0.2) is 28.3 Å². The molecule has 1 amide bonds. The molecule has 1 aliphatic carbocycles. The van der Waals surface area contributed by atoms with Crippen LogP contribution in [0, 0.1) is 11.8 Å². The van der Waals surface area contributed by atoms with Crippen molar-refractivity contribution in [3.8, 4) is 0 Å². The predicted octanol–water partition coefficient (Wildman–Crippen LogP) is 5.33. The summed E-state index contributed by atoms with van der Waals surface area (Å²) in [5, 5.41) is 4.32. The highest BCUT2D eigenvalue weighted by molar-refractivity contribution is 7.89. The van der Waals surface area contributed by atoms with Crippen LogP contribution in [0.3, 0.4) is 0 Å². The van der Waals surface area contributed by atoms with Gasteiger partial charge < -0.3 is 10.1 Å². The Morgan fingerprint density at radius 3 is 2.31 bits per heavy atom. The molecule has 39 heavy (non-hydrogen) atoms. The summed E-state index contributed by atoms with van der Waals surface area (Å²) in [5.74, 6) is 1.60. The third-order valence-electron chi connectivity index (χ3n) is 6.49. The number of benzene rings is 2. The molecule has 1 aliphatic rings. The van der Waals surface area contributed by atoms with Gasteiger partial charge in [0.05, 0.1) is 10.5 Å². The molecule has 210 valence electrons. The first-order valence-corrected chi connectivity index (χ1v) is 14.9. The fourth-order valence-electron chi connectivity index (χ4n) is 4.51. The highest BCUT2D eigenvalue weighted by atomic mass is 35.5. The minimum atomic E-state index is -3.64. The summed E-state index contributed by atoms with van der Waals surface area (Å²) in [4.78, 5) is 21.4. The maximum atomic E-state index is 12.6. The molecule has 1 fully saturated rings. The summed E-state index contributed by atoms with van der Waals surface area (Å²) in [6, 6.07) is 14.0. The van der Waals surface area contributed by atoms with Crippen LogP contribution in [0.4, 0.5) is 16.6 Å². The number of hydrogen-bond acceptors (Lipinski definition) is 8. The predicted molar refractivity (Wildman–Crippen MR) is 153 cm³/mol. The van der Waals surface area contributed by atoms with Crippen molar-refractivity contribution in [1.29, 1.82) is 0 Å². The molecule has 0 unspecified atom stereocenters. The van der Waals surface area contributed by atoms with Gasteiger partial charge in [0.1, 0.15) is 10.5 Å². The maximum Gasteiger partial charge on any atom is 0.426 e. The Balaban J connectivity index is 1.30. The first-order chi connectivity index (χ1) is 18.5. The number of ether oxygens (including phenoxy) is 1. The van der Waals surface area contributed by atoms with Crippen LogP contribution in [-0.4, -0.2) is 43.2 Å². The lowest BCUT2D eigenvalue weighted by atomic mass is 9.82. The first kappa shape index (κ1) is 28.8. The topological polar surface area (TPSA) is 134 Å². The number of halogens is 1. The van der Waals surface area contributed by atoms with Crippen molar-refractivity contribution in [2.24, 2.45) is 11.8 Å². The first-order valence-electron chi connectivity index (χ1n) is 13.0. The lowest BCUT2D eigenvalue weighted by Crippen LogP contribution is -2.36. The van der Waals surface area contributed by atoms with E-state index in [4.69, 9.17) is 16.3 Å². The van der Waals surface area contributed by atoms with E-state index in [9.17, 15) is 13.2 Å². The van der Waals surface area contributed by atoms with Gasteiger partial charge in [0.15, 0.2) is 5.82 Å². The molecule has 0 radical (unpaired) electrons. The van der Waals surface area contributed by atoms with Crippen molar-refractivity contribution in [2.45, 2.75) is 57.0 Å². The van der Waals surface area contributed by atoms with Gasteiger partial charge in [-0.3, -0.25) is 5.43 Å². The second-order valence-electron chi connectivity index (χ2n) is 10.7. The molecule has 10 nitrogen and oxygen atoms in total. The largest absolute Gasteiger partial charge is 0.443 e. The molecule has 4 N–H and O–H groups in total. The number of hydrogen-bond donors (Lipinski definition) is 4. The average molecular weight is 575 g/mol. The minimum Gasteiger partial charge on any atom is -0.443 e. The third kappa shape index (κ3) is 8.17. The van der Waals surface area contributed by atoms with Crippen molar-refractivity contribution >= 4 is 50.4 Å². The number of aromatic nitrogens is 2. The van der Waals surface area contributed by atoms with Gasteiger partial charge in [0, 0.05) is 18.5 Å². The van der Waals surface area contributed by atoms with Crippen LogP contribution in [0.25, 0.3) is 10.9 Å². The molecule has 0 bridgehead atoms. The van der Waals surface area contributed by atoms with Crippen LogP contribution < -0.4 is 20.9 Å². The van der Waals surface area contributed by atoms with Crippen molar-refractivity contribution in [2.75, 3.05) is 23.8 Å². The Morgan fingerprint density at radius 1 is 0.974 bits per heavy atom. The van der Waals surface area contributed by atoms with E-state index in [-0.39, 0.29) is 15.8 Å². The summed E-state index contributed by atoms with van der Waals surface area (Å²) in [6.07, 6.45) is 3.16. The van der Waals surface area contributed by atoms with Gasteiger partial charge in [0.2, 0.25) is 16.0 Å². The Bertz CT molecular complexity index is 1400. The average Bonchev–Trinajstić information content (AvgIpc) is 2.89. The number of carbonyl (C=O) groups excluding carboxylic acids is 1. The Hall–Kier alpha value is -3.15. The number of rotatable bonds is 9. The van der Waals surface area contributed by atoms with Crippen molar-refractivity contribution in [3.05, 3.63) is 53.6 Å². The van der Waals surface area contributed by atoms with E-state index in [1.807, 2.05) is 24.3 Å². The SMILES string of the molecule is CC(C)(C)OC(=O)NNc1nc(NCC2CCC(CNS(=O)(=O)c3ccccc3Cl)CC2)nc2ccccc12. The minimum absolute atomic E-state index is 0.107. The highest BCUT2D eigenvalue weighted by Crippen LogP contribution is 2.30. The van der Waals surface area contributed by atoms with E-state index in [1.54, 1.807) is 39.0 Å². The summed E-state index contributed by atoms with van der Waals surface area (Å²) in [6.45, 7) is 6.46. The lowest BCUT2D eigenvalue weighted by Gasteiger charge is -2.28. The van der Waals surface area contributed by atoms with Crippen molar-refractivity contribution < 1.29 is 17.9 Å². The number of nitrogens with zero attached hydrogens (tertiary/aromatic N) is 2. The molecule has 0 saturated heterocycles. The maximum absolute atomic E-state index is 12.6. The monoisotopic (exact) mass is 574 g/mol. The number of hydrazine groups is 1. The van der Waals surface area contributed by atoms with Crippen LogP contribution in [0.5, 0.6) is 0 Å². The van der Waals surface area contributed by atoms with Gasteiger partial charge in [-0.15, -0.1) is 0 Å². The van der Waals surface area contributed by atoms with Crippen LogP contribution in [0.2, 0.25) is 5.02 Å². The molecule has 4 rings (SSSR count). The van der Waals surface area contributed by atoms with Gasteiger partial charge in [-0.2, -0.15) is 4.98 Å². The molecule has 2 aromatic carbocycles. The summed E-state index contributed by atoms with van der Waals surface area (Å²) in [5.41, 5.74) is 5.51. The van der Waals surface area contributed by atoms with Gasteiger partial charge in [-0.05, 0) is 82.6 Å². The van der Waals surface area contributed by atoms with Gasteiger partial charge in [-0.1, -0.05) is 35.9 Å². The molecule has 0 aliphatic heterocycles. The Kier molecular flexibility index (Phi) is 9.14. The van der Waals surface area contributed by atoms with Crippen LogP contribution in [0.1, 0.15) is 46.5 Å². The standard InChI is InChI=1S/C27H35ClN6O4S/c1-27(2,3)38-26(35)34-33-24-20-8-4-6-10-22(20)31-25(32-24)29-16-18-12-14-19(15-13-18)17-30-39(36,37)23-11-7-5-9-21(23)28/h4-11,18-19,30H,12-17H2,1-3H3,(H,34,35)(H2,29,31,32,33). The Morgan fingerprint density at radius 2 is 1.62 bits per heavy atom. The third-order valence-corrected chi connectivity index (χ3v) is 8.41. The molecular formula is C27H35ClN6O4S. The number of amides is 1. The van der Waals surface area contributed by atoms with E-state index in [0.29, 0.717) is 30.8 Å². The van der Waals surface area contributed by atoms with Crippen molar-refractivity contribution in [1.82, 2.24) is 20.1 Å². The number of sulfonamides is 1. The fraction of sp³-hybridized carbons (Fsp3) is 0.444. The quantitative estimate of drug-likeness (QED) is 0.252. The van der Waals surface area contributed by atoms with Crippen molar-refractivity contribution in [3.63, 3.8) is 0 Å². The second kappa shape index (κ2) is 12.4. The molecule has 1 saturated carbocycles. The lowest BCUT2D eigenvalue weighted by molar-refractivity contribution is 0.0541. The molecule has 0 spiro atoms. The number of fused-ring (bicyclic) bond motifs is 1. The molecular weight excluding hydrogens is 540 g/mol. The molecule has 12 heteroatoms. The molecule has 1 heterocycles. The summed E-state index contributed by atoms with van der Waals surface area (Å²) in [7, 11) is -3.64.